The molecule has 35 heavy (non-hydrogen) atoms. The third kappa shape index (κ3) is 4.55. The predicted octanol–water partition coefficient (Wildman–Crippen LogP) is 4.17. The van der Waals surface area contributed by atoms with Gasteiger partial charge in [-0.1, -0.05) is 12.1 Å². The number of amides is 1. The van der Waals surface area contributed by atoms with Crippen molar-refractivity contribution in [1.29, 1.82) is 0 Å². The van der Waals surface area contributed by atoms with Crippen molar-refractivity contribution in [3.05, 3.63) is 95.3 Å². The number of anilines is 1. The number of hydrogen-bond donors (Lipinski definition) is 0. The van der Waals surface area contributed by atoms with Crippen LogP contribution in [0.1, 0.15) is 39.2 Å². The molecule has 8 heteroatoms. The lowest BCUT2D eigenvalue weighted by molar-refractivity contribution is -0.135. The Morgan fingerprint density at radius 3 is 2.06 bits per heavy atom. The van der Waals surface area contributed by atoms with Crippen LogP contribution in [-0.2, 0) is 14.3 Å². The van der Waals surface area contributed by atoms with Gasteiger partial charge in [0.25, 0.3) is 5.91 Å². The quantitative estimate of drug-likeness (QED) is 0.221. The van der Waals surface area contributed by atoms with E-state index in [9.17, 15) is 23.6 Å². The Hall–Kier alpha value is -4.33. The van der Waals surface area contributed by atoms with Gasteiger partial charge < -0.3 is 9.47 Å². The first-order chi connectivity index (χ1) is 16.8. The second-order valence-corrected chi connectivity index (χ2v) is 7.87. The summed E-state index contributed by atoms with van der Waals surface area (Å²) in [5.74, 6) is -4.09. The smallest absolute Gasteiger partial charge is 0.338 e. The number of ketones is 2. The minimum atomic E-state index is -1.34. The number of rotatable bonds is 7. The van der Waals surface area contributed by atoms with Crippen LogP contribution in [0.3, 0.4) is 0 Å². The highest BCUT2D eigenvalue weighted by Crippen LogP contribution is 2.41. The molecule has 3 aromatic rings. The average molecular weight is 475 g/mol. The van der Waals surface area contributed by atoms with Crippen molar-refractivity contribution in [1.82, 2.24) is 0 Å². The molecule has 1 saturated heterocycles. The molecule has 0 saturated carbocycles. The molecule has 2 unspecified atom stereocenters. The minimum absolute atomic E-state index is 0.210. The molecule has 7 nitrogen and oxygen atoms in total. The highest BCUT2D eigenvalue weighted by Gasteiger charge is 2.52. The summed E-state index contributed by atoms with van der Waals surface area (Å²) in [5.41, 5.74) is 1.25. The van der Waals surface area contributed by atoms with Crippen LogP contribution in [0.4, 0.5) is 10.1 Å². The van der Waals surface area contributed by atoms with E-state index in [2.05, 4.69) is 0 Å². The van der Waals surface area contributed by atoms with Crippen LogP contribution >= 0.6 is 0 Å². The summed E-state index contributed by atoms with van der Waals surface area (Å²) in [4.78, 5) is 53.0. The van der Waals surface area contributed by atoms with Gasteiger partial charge in [0.1, 0.15) is 17.5 Å². The van der Waals surface area contributed by atoms with Crippen LogP contribution < -0.4 is 9.64 Å². The zero-order valence-corrected chi connectivity index (χ0v) is 19.1. The highest BCUT2D eigenvalue weighted by atomic mass is 19.1. The maximum Gasteiger partial charge on any atom is 0.338 e. The molecule has 1 aliphatic heterocycles. The van der Waals surface area contributed by atoms with Crippen LogP contribution in [0.2, 0.25) is 0 Å². The van der Waals surface area contributed by atoms with E-state index in [-0.39, 0.29) is 17.7 Å². The number of hydrogen-bond acceptors (Lipinski definition) is 6. The van der Waals surface area contributed by atoms with Crippen LogP contribution in [0.15, 0.2) is 72.8 Å². The number of carbonyl (C=O) groups is 4. The molecule has 0 radical (unpaired) electrons. The fraction of sp³-hybridized carbons (Fsp3) is 0.185. The average Bonchev–Trinajstić information content (AvgIpc) is 3.14. The zero-order chi connectivity index (χ0) is 25.1. The van der Waals surface area contributed by atoms with E-state index in [1.807, 2.05) is 0 Å². The van der Waals surface area contributed by atoms with Gasteiger partial charge in [-0.25, -0.2) is 9.18 Å². The van der Waals surface area contributed by atoms with Crippen LogP contribution in [0.5, 0.6) is 5.75 Å². The molecule has 1 amide bonds. The summed E-state index contributed by atoms with van der Waals surface area (Å²) < 4.78 is 23.8. The van der Waals surface area contributed by atoms with E-state index < -0.39 is 41.2 Å². The van der Waals surface area contributed by atoms with Gasteiger partial charge in [-0.3, -0.25) is 19.3 Å². The SMILES string of the molecule is CCOC(=O)c1ccc(N2C(=O)C(=O)C(C(=O)c3ccc(OC)cc3)C2c2ccc(F)cc2)cc1. The molecule has 0 bridgehead atoms. The van der Waals surface area contributed by atoms with Gasteiger partial charge in [0, 0.05) is 11.3 Å². The van der Waals surface area contributed by atoms with Crippen molar-refractivity contribution in [2.45, 2.75) is 13.0 Å². The lowest BCUT2D eigenvalue weighted by atomic mass is 9.86. The molecule has 0 aromatic heterocycles. The Kier molecular flexibility index (Phi) is 6.73. The normalized spacial score (nSPS) is 17.4. The molecule has 178 valence electrons. The molecule has 3 aromatic carbocycles. The molecule has 0 N–H and O–H groups in total. The molecule has 0 spiro atoms. The lowest BCUT2D eigenvalue weighted by Crippen LogP contribution is -2.30. The van der Waals surface area contributed by atoms with Crippen LogP contribution in [-0.4, -0.2) is 37.2 Å². The van der Waals surface area contributed by atoms with Gasteiger partial charge in [0.2, 0.25) is 5.78 Å². The number of esters is 1. The van der Waals surface area contributed by atoms with Crippen molar-refractivity contribution in [3.8, 4) is 5.75 Å². The monoisotopic (exact) mass is 475 g/mol. The summed E-state index contributed by atoms with van der Waals surface area (Å²) in [6, 6.07) is 16.5. The molecular formula is C27H22FNO6. The van der Waals surface area contributed by atoms with Crippen molar-refractivity contribution in [2.75, 3.05) is 18.6 Å². The van der Waals surface area contributed by atoms with E-state index in [1.165, 1.54) is 72.7 Å². The number of nitrogens with zero attached hydrogens (tertiary/aromatic N) is 1. The van der Waals surface area contributed by atoms with E-state index in [0.717, 1.165) is 0 Å². The fourth-order valence-electron chi connectivity index (χ4n) is 4.12. The summed E-state index contributed by atoms with van der Waals surface area (Å²) in [7, 11) is 1.49. The van der Waals surface area contributed by atoms with E-state index in [0.29, 0.717) is 17.0 Å². The maximum atomic E-state index is 13.7. The van der Waals surface area contributed by atoms with Gasteiger partial charge in [-0.2, -0.15) is 0 Å². The van der Waals surface area contributed by atoms with Crippen molar-refractivity contribution in [3.63, 3.8) is 0 Å². The maximum absolute atomic E-state index is 13.7. The first kappa shape index (κ1) is 23.8. The summed E-state index contributed by atoms with van der Waals surface area (Å²) in [6.07, 6.45) is 0. The van der Waals surface area contributed by atoms with Gasteiger partial charge in [-0.05, 0) is 73.2 Å². The first-order valence-electron chi connectivity index (χ1n) is 10.9. The Bertz CT molecular complexity index is 1270. The second-order valence-electron chi connectivity index (χ2n) is 7.87. The van der Waals surface area contributed by atoms with E-state index in [4.69, 9.17) is 9.47 Å². The van der Waals surface area contributed by atoms with Gasteiger partial charge in [0.05, 0.1) is 25.3 Å². The van der Waals surface area contributed by atoms with Crippen molar-refractivity contribution in [2.24, 2.45) is 5.92 Å². The largest absolute Gasteiger partial charge is 0.497 e. The van der Waals surface area contributed by atoms with Gasteiger partial charge >= 0.3 is 5.97 Å². The lowest BCUT2D eigenvalue weighted by Gasteiger charge is -2.27. The first-order valence-corrected chi connectivity index (χ1v) is 10.9. The minimum Gasteiger partial charge on any atom is -0.497 e. The van der Waals surface area contributed by atoms with E-state index in [1.54, 1.807) is 19.1 Å². The summed E-state index contributed by atoms with van der Waals surface area (Å²) >= 11 is 0. The molecular weight excluding hydrogens is 453 g/mol. The summed E-state index contributed by atoms with van der Waals surface area (Å²) in [6.45, 7) is 1.90. The molecule has 1 heterocycles. The summed E-state index contributed by atoms with van der Waals surface area (Å²) in [5, 5.41) is 0. The third-order valence-corrected chi connectivity index (χ3v) is 5.83. The number of carbonyl (C=O) groups excluding carboxylic acids is 4. The van der Waals surface area contributed by atoms with Gasteiger partial charge in [0.15, 0.2) is 5.78 Å². The molecule has 0 aliphatic carbocycles. The van der Waals surface area contributed by atoms with Crippen molar-refractivity contribution >= 4 is 29.1 Å². The Labute approximate surface area is 201 Å². The number of Topliss-reactive ketones (excluding diaryl/α,β-unsaturated/α-hetero) is 2. The molecule has 4 rings (SSSR count). The number of methoxy groups -OCH3 is 1. The predicted molar refractivity (Wildman–Crippen MR) is 125 cm³/mol. The van der Waals surface area contributed by atoms with E-state index >= 15 is 0 Å². The number of benzene rings is 3. The topological polar surface area (TPSA) is 90.0 Å². The second kappa shape index (κ2) is 9.89. The zero-order valence-electron chi connectivity index (χ0n) is 19.1. The number of ether oxygens (including phenoxy) is 2. The van der Waals surface area contributed by atoms with Crippen molar-refractivity contribution < 1.29 is 33.0 Å². The van der Waals surface area contributed by atoms with Gasteiger partial charge in [-0.15, -0.1) is 0 Å². The van der Waals surface area contributed by atoms with Crippen LogP contribution in [0, 0.1) is 11.7 Å². The van der Waals surface area contributed by atoms with Crippen LogP contribution in [0.25, 0.3) is 0 Å². The molecule has 1 fully saturated rings. The number of halogens is 1. The highest BCUT2D eigenvalue weighted by molar-refractivity contribution is 6.49. The Balaban J connectivity index is 1.77. The molecule has 1 aliphatic rings. The Morgan fingerprint density at radius 2 is 1.49 bits per heavy atom. The Morgan fingerprint density at radius 1 is 0.886 bits per heavy atom. The fourth-order valence-corrected chi connectivity index (χ4v) is 4.12. The standard InChI is InChI=1S/C27H22FNO6/c1-3-35-27(33)18-6-12-20(13-7-18)29-23(16-4-10-19(28)11-5-16)22(25(31)26(29)32)24(30)17-8-14-21(34-2)15-9-17/h4-15,22-23H,3H2,1-2H3. The molecule has 2 atom stereocenters. The third-order valence-electron chi connectivity index (χ3n) is 5.83.